The third-order valence-corrected chi connectivity index (χ3v) is 8.73. The second-order valence-electron chi connectivity index (χ2n) is 15.0. The van der Waals surface area contributed by atoms with E-state index in [0.29, 0.717) is 18.0 Å². The first kappa shape index (κ1) is 40.1. The maximum absolute atomic E-state index is 14.1. The molecule has 0 aliphatic heterocycles. The number of hydrogen-bond donors (Lipinski definition) is 5. The zero-order chi connectivity index (χ0) is 39.4. The number of ether oxygens (including phenoxy) is 2. The Morgan fingerprint density at radius 3 is 1.93 bits per heavy atom. The largest absolute Gasteiger partial charge is 0.489 e. The number of carbonyl (C=O) groups excluding carboxylic acids is 4. The maximum Gasteiger partial charge on any atom is 0.408 e. The number of anilines is 1. The van der Waals surface area contributed by atoms with Crippen LogP contribution in [0.25, 0.3) is 10.9 Å². The molecule has 5 aromatic rings. The van der Waals surface area contributed by atoms with Gasteiger partial charge in [0.15, 0.2) is 0 Å². The standard InChI is InChI=1S/C44H51N5O6/c1-29(2)24-37(41(51)48-39(40(50)46-33-16-10-7-11-17-33)26-32-27-45-36-19-13-12-18-35(32)36)47-42(52)38(49-43(53)55-44(3,4)5)25-30-20-22-34(23-21-30)54-28-31-14-8-6-9-15-31/h6-23,27,29,37-39,45H,24-26,28H2,1-5H3,(H,46,50)(H,47,52)(H,48,51)(H,49,53)/t37-,38-,39-/m0/s1. The van der Waals surface area contributed by atoms with Crippen LogP contribution in [0.2, 0.25) is 0 Å². The highest BCUT2D eigenvalue weighted by Crippen LogP contribution is 2.21. The molecule has 0 radical (unpaired) electrons. The molecular weight excluding hydrogens is 695 g/mol. The van der Waals surface area contributed by atoms with E-state index in [2.05, 4.69) is 26.3 Å². The molecule has 3 atom stereocenters. The minimum Gasteiger partial charge on any atom is -0.489 e. The van der Waals surface area contributed by atoms with Crippen molar-refractivity contribution in [2.45, 2.75) is 84.2 Å². The van der Waals surface area contributed by atoms with E-state index in [0.717, 1.165) is 27.6 Å². The number of hydrogen-bond acceptors (Lipinski definition) is 6. The molecule has 5 N–H and O–H groups in total. The predicted molar refractivity (Wildman–Crippen MR) is 214 cm³/mol. The second-order valence-corrected chi connectivity index (χ2v) is 15.0. The summed E-state index contributed by atoms with van der Waals surface area (Å²) >= 11 is 0. The number of rotatable bonds is 16. The monoisotopic (exact) mass is 745 g/mol. The fraction of sp³-hybridized carbons (Fsp3) is 0.318. The predicted octanol–water partition coefficient (Wildman–Crippen LogP) is 7.08. The fourth-order valence-corrected chi connectivity index (χ4v) is 6.09. The van der Waals surface area contributed by atoms with Crippen molar-refractivity contribution < 1.29 is 28.7 Å². The number of para-hydroxylation sites is 2. The van der Waals surface area contributed by atoms with E-state index in [1.807, 2.05) is 117 Å². The first-order chi connectivity index (χ1) is 26.3. The highest BCUT2D eigenvalue weighted by atomic mass is 16.6. The summed E-state index contributed by atoms with van der Waals surface area (Å²) in [6.07, 6.45) is 1.66. The van der Waals surface area contributed by atoms with Crippen molar-refractivity contribution in [2.24, 2.45) is 5.92 Å². The van der Waals surface area contributed by atoms with Crippen LogP contribution in [-0.4, -0.2) is 52.5 Å². The van der Waals surface area contributed by atoms with Crippen LogP contribution < -0.4 is 26.0 Å². The summed E-state index contributed by atoms with van der Waals surface area (Å²) in [7, 11) is 0. The molecule has 1 heterocycles. The van der Waals surface area contributed by atoms with Crippen LogP contribution in [0.15, 0.2) is 115 Å². The summed E-state index contributed by atoms with van der Waals surface area (Å²) in [5.74, 6) is -0.841. The molecule has 4 aromatic carbocycles. The molecule has 0 saturated heterocycles. The Morgan fingerprint density at radius 2 is 1.25 bits per heavy atom. The van der Waals surface area contributed by atoms with E-state index in [4.69, 9.17) is 9.47 Å². The van der Waals surface area contributed by atoms with Gasteiger partial charge in [-0.1, -0.05) is 92.7 Å². The highest BCUT2D eigenvalue weighted by Gasteiger charge is 2.32. The SMILES string of the molecule is CC(C)C[C@H](NC(=O)[C@H](Cc1ccc(OCc2ccccc2)cc1)NC(=O)OC(C)(C)C)C(=O)N[C@@H](Cc1c[nH]c2ccccc12)C(=O)Nc1ccccc1. The number of fused-ring (bicyclic) bond motifs is 1. The molecule has 0 fully saturated rings. The Kier molecular flexibility index (Phi) is 13.7. The van der Waals surface area contributed by atoms with Gasteiger partial charge in [0.05, 0.1) is 0 Å². The van der Waals surface area contributed by atoms with Crippen LogP contribution in [0.5, 0.6) is 5.75 Å². The van der Waals surface area contributed by atoms with Crippen LogP contribution in [0.3, 0.4) is 0 Å². The highest BCUT2D eigenvalue weighted by molar-refractivity contribution is 5.99. The number of alkyl carbamates (subject to hydrolysis) is 1. The van der Waals surface area contributed by atoms with Gasteiger partial charge >= 0.3 is 6.09 Å². The van der Waals surface area contributed by atoms with E-state index in [-0.39, 0.29) is 25.2 Å². The van der Waals surface area contributed by atoms with Crippen LogP contribution >= 0.6 is 0 Å². The normalized spacial score (nSPS) is 13.0. The van der Waals surface area contributed by atoms with E-state index < -0.39 is 47.5 Å². The molecule has 11 heteroatoms. The van der Waals surface area contributed by atoms with E-state index in [1.165, 1.54) is 0 Å². The quantitative estimate of drug-likeness (QED) is 0.0729. The lowest BCUT2D eigenvalue weighted by atomic mass is 9.99. The van der Waals surface area contributed by atoms with Gasteiger partial charge in [0, 0.05) is 35.6 Å². The van der Waals surface area contributed by atoms with Gasteiger partial charge in [0.2, 0.25) is 17.7 Å². The van der Waals surface area contributed by atoms with Crippen LogP contribution in [0.1, 0.15) is 57.7 Å². The van der Waals surface area contributed by atoms with Gasteiger partial charge < -0.3 is 35.7 Å². The first-order valence-corrected chi connectivity index (χ1v) is 18.6. The lowest BCUT2D eigenvalue weighted by molar-refractivity contribution is -0.132. The van der Waals surface area contributed by atoms with E-state index >= 15 is 0 Å². The van der Waals surface area contributed by atoms with Crippen molar-refractivity contribution in [1.29, 1.82) is 0 Å². The van der Waals surface area contributed by atoms with Crippen molar-refractivity contribution in [2.75, 3.05) is 5.32 Å². The molecule has 0 aliphatic carbocycles. The van der Waals surface area contributed by atoms with Crippen LogP contribution in [0.4, 0.5) is 10.5 Å². The third-order valence-electron chi connectivity index (χ3n) is 8.73. The smallest absolute Gasteiger partial charge is 0.408 e. The summed E-state index contributed by atoms with van der Waals surface area (Å²) in [4.78, 5) is 58.2. The van der Waals surface area contributed by atoms with Crippen molar-refractivity contribution in [3.05, 3.63) is 132 Å². The first-order valence-electron chi connectivity index (χ1n) is 18.6. The van der Waals surface area contributed by atoms with Gasteiger partial charge in [-0.3, -0.25) is 14.4 Å². The molecule has 55 heavy (non-hydrogen) atoms. The fourth-order valence-electron chi connectivity index (χ4n) is 6.09. The van der Waals surface area contributed by atoms with E-state index in [1.54, 1.807) is 32.9 Å². The minimum atomic E-state index is -1.09. The summed E-state index contributed by atoms with van der Waals surface area (Å²) in [5, 5.41) is 12.4. The number of aromatic amines is 1. The number of aromatic nitrogens is 1. The molecule has 0 bridgehead atoms. The molecule has 288 valence electrons. The average Bonchev–Trinajstić information content (AvgIpc) is 3.56. The summed E-state index contributed by atoms with van der Waals surface area (Å²) < 4.78 is 11.4. The third kappa shape index (κ3) is 12.5. The Morgan fingerprint density at radius 1 is 0.655 bits per heavy atom. The molecule has 0 saturated carbocycles. The van der Waals surface area contributed by atoms with Gasteiger partial charge in [-0.15, -0.1) is 0 Å². The Hall–Kier alpha value is -6.10. The lowest BCUT2D eigenvalue weighted by Gasteiger charge is -2.27. The second kappa shape index (κ2) is 18.8. The van der Waals surface area contributed by atoms with Gasteiger partial charge in [0.25, 0.3) is 0 Å². The van der Waals surface area contributed by atoms with Crippen molar-refractivity contribution >= 4 is 40.4 Å². The van der Waals surface area contributed by atoms with Gasteiger partial charge in [0.1, 0.15) is 36.1 Å². The number of benzene rings is 4. The lowest BCUT2D eigenvalue weighted by Crippen LogP contribution is -2.57. The summed E-state index contributed by atoms with van der Waals surface area (Å²) in [6.45, 7) is 9.49. The number of amides is 4. The number of H-pyrrole nitrogens is 1. The van der Waals surface area contributed by atoms with Crippen molar-refractivity contribution in [3.63, 3.8) is 0 Å². The molecular formula is C44H51N5O6. The number of carbonyl (C=O) groups is 4. The zero-order valence-electron chi connectivity index (χ0n) is 32.1. The summed E-state index contributed by atoms with van der Waals surface area (Å²) in [5.41, 5.74) is 3.34. The maximum atomic E-state index is 14.1. The Balaban J connectivity index is 1.33. The van der Waals surface area contributed by atoms with E-state index in [9.17, 15) is 19.2 Å². The van der Waals surface area contributed by atoms with Crippen LogP contribution in [-0.2, 0) is 38.6 Å². The topological polar surface area (TPSA) is 151 Å². The molecule has 1 aromatic heterocycles. The molecule has 0 spiro atoms. The van der Waals surface area contributed by atoms with Crippen molar-refractivity contribution in [3.8, 4) is 5.75 Å². The van der Waals surface area contributed by atoms with Crippen molar-refractivity contribution in [1.82, 2.24) is 20.9 Å². The van der Waals surface area contributed by atoms with Gasteiger partial charge in [-0.2, -0.15) is 0 Å². The summed E-state index contributed by atoms with van der Waals surface area (Å²) in [6, 6.07) is 30.8. The Labute approximate surface area is 322 Å². The molecule has 0 aliphatic rings. The average molecular weight is 746 g/mol. The molecule has 0 unspecified atom stereocenters. The molecule has 11 nitrogen and oxygen atoms in total. The van der Waals surface area contributed by atoms with Crippen LogP contribution in [0, 0.1) is 5.92 Å². The zero-order valence-corrected chi connectivity index (χ0v) is 32.1. The number of nitrogens with one attached hydrogen (secondary N) is 5. The Bertz CT molecular complexity index is 2020. The minimum absolute atomic E-state index is 0.00181. The van der Waals surface area contributed by atoms with Gasteiger partial charge in [-0.05, 0) is 80.1 Å². The van der Waals surface area contributed by atoms with Gasteiger partial charge in [-0.25, -0.2) is 4.79 Å². The molecule has 5 rings (SSSR count). The molecule has 4 amide bonds.